The first kappa shape index (κ1) is 17.4. The molecule has 2 fully saturated rings. The van der Waals surface area contributed by atoms with Gasteiger partial charge < -0.3 is 19.5 Å². The van der Waals surface area contributed by atoms with Gasteiger partial charge in [-0.2, -0.15) is 0 Å². The molecule has 2 saturated heterocycles. The molecule has 0 atom stereocenters. The van der Waals surface area contributed by atoms with Crippen LogP contribution in [-0.2, 0) is 11.2 Å². The molecule has 134 valence electrons. The van der Waals surface area contributed by atoms with Crippen molar-refractivity contribution in [2.75, 3.05) is 26.3 Å². The summed E-state index contributed by atoms with van der Waals surface area (Å²) in [7, 11) is 0. The minimum atomic E-state index is -0.137. The van der Waals surface area contributed by atoms with E-state index in [1.807, 2.05) is 0 Å². The van der Waals surface area contributed by atoms with Crippen molar-refractivity contribution >= 4 is 5.91 Å². The van der Waals surface area contributed by atoms with Crippen molar-refractivity contribution in [1.29, 1.82) is 0 Å². The fraction of sp³-hybridized carbons (Fsp3) is 0.778. The molecule has 1 N–H and O–H groups in total. The summed E-state index contributed by atoms with van der Waals surface area (Å²) in [6.07, 6.45) is 5.09. The van der Waals surface area contributed by atoms with E-state index in [1.165, 1.54) is 0 Å². The zero-order valence-corrected chi connectivity index (χ0v) is 14.8. The van der Waals surface area contributed by atoms with E-state index in [0.717, 1.165) is 64.1 Å². The van der Waals surface area contributed by atoms with Crippen LogP contribution < -0.4 is 5.32 Å². The van der Waals surface area contributed by atoms with Crippen molar-refractivity contribution in [3.05, 3.63) is 17.5 Å². The Labute approximate surface area is 143 Å². The van der Waals surface area contributed by atoms with Gasteiger partial charge in [0.05, 0.1) is 5.69 Å². The maximum atomic E-state index is 12.3. The van der Waals surface area contributed by atoms with E-state index in [9.17, 15) is 4.79 Å². The van der Waals surface area contributed by atoms with Gasteiger partial charge in [0, 0.05) is 44.5 Å². The molecule has 6 nitrogen and oxygen atoms in total. The second-order valence-electron chi connectivity index (χ2n) is 7.41. The number of carbonyl (C=O) groups excluding carboxylic acids is 1. The van der Waals surface area contributed by atoms with Crippen LogP contribution in [0.5, 0.6) is 0 Å². The molecule has 1 aromatic rings. The molecule has 0 aromatic carbocycles. The molecule has 3 heterocycles. The summed E-state index contributed by atoms with van der Waals surface area (Å²) in [5, 5.41) is 7.09. The molecule has 24 heavy (non-hydrogen) atoms. The number of nitrogens with one attached hydrogen (secondary N) is 1. The maximum absolute atomic E-state index is 12.3. The lowest BCUT2D eigenvalue weighted by Crippen LogP contribution is -2.49. The summed E-state index contributed by atoms with van der Waals surface area (Å²) in [5.74, 6) is 0.694. The van der Waals surface area contributed by atoms with Crippen LogP contribution in [0.1, 0.15) is 55.8 Å². The third kappa shape index (κ3) is 4.57. The lowest BCUT2D eigenvalue weighted by molar-refractivity contribution is 0.0237. The van der Waals surface area contributed by atoms with Crippen LogP contribution in [0.4, 0.5) is 0 Å². The summed E-state index contributed by atoms with van der Waals surface area (Å²) in [6, 6.07) is 2.66. The van der Waals surface area contributed by atoms with E-state index in [4.69, 9.17) is 9.26 Å². The molecule has 0 unspecified atom stereocenters. The molecule has 0 bridgehead atoms. The largest absolute Gasteiger partial charge is 0.381 e. The summed E-state index contributed by atoms with van der Waals surface area (Å²) in [4.78, 5) is 14.9. The summed E-state index contributed by atoms with van der Waals surface area (Å²) in [5.41, 5.74) is 0.851. The predicted molar refractivity (Wildman–Crippen MR) is 90.9 cm³/mol. The molecular weight excluding hydrogens is 306 g/mol. The Morgan fingerprint density at radius 3 is 2.67 bits per heavy atom. The normalized spacial score (nSPS) is 21.3. The SMILES string of the molecule is CC(C)Cc1cc(C(=O)NC2CCN(C3CCOCC3)CC2)on1. The first-order valence-corrected chi connectivity index (χ1v) is 9.20. The summed E-state index contributed by atoms with van der Waals surface area (Å²) >= 11 is 0. The Kier molecular flexibility index (Phi) is 5.89. The van der Waals surface area contributed by atoms with E-state index in [-0.39, 0.29) is 11.9 Å². The van der Waals surface area contributed by atoms with Crippen LogP contribution in [0.3, 0.4) is 0 Å². The Morgan fingerprint density at radius 1 is 1.29 bits per heavy atom. The molecule has 6 heteroatoms. The van der Waals surface area contributed by atoms with Crippen LogP contribution in [-0.4, -0.2) is 54.4 Å². The molecule has 1 amide bonds. The molecule has 3 rings (SSSR count). The topological polar surface area (TPSA) is 67.6 Å². The highest BCUT2D eigenvalue weighted by molar-refractivity contribution is 5.91. The van der Waals surface area contributed by atoms with Gasteiger partial charge in [-0.3, -0.25) is 4.79 Å². The van der Waals surface area contributed by atoms with Gasteiger partial charge in [-0.15, -0.1) is 0 Å². The molecule has 1 aromatic heterocycles. The molecule has 2 aliphatic rings. The fourth-order valence-corrected chi connectivity index (χ4v) is 3.65. The molecule has 2 aliphatic heterocycles. The highest BCUT2D eigenvalue weighted by atomic mass is 16.5. The van der Waals surface area contributed by atoms with Gasteiger partial charge in [-0.1, -0.05) is 19.0 Å². The number of aromatic nitrogens is 1. The Bertz CT molecular complexity index is 529. The van der Waals surface area contributed by atoms with Gasteiger partial charge in [0.2, 0.25) is 5.76 Å². The van der Waals surface area contributed by atoms with Gasteiger partial charge in [-0.05, 0) is 38.0 Å². The van der Waals surface area contributed by atoms with Crippen molar-refractivity contribution in [2.24, 2.45) is 5.92 Å². The number of nitrogens with zero attached hydrogens (tertiary/aromatic N) is 2. The molecule has 0 spiro atoms. The van der Waals surface area contributed by atoms with Gasteiger partial charge in [0.25, 0.3) is 5.91 Å². The van der Waals surface area contributed by atoms with E-state index >= 15 is 0 Å². The second-order valence-corrected chi connectivity index (χ2v) is 7.41. The Hall–Kier alpha value is -1.40. The van der Waals surface area contributed by atoms with Crippen LogP contribution in [0.2, 0.25) is 0 Å². The van der Waals surface area contributed by atoms with Gasteiger partial charge in [-0.25, -0.2) is 0 Å². The van der Waals surface area contributed by atoms with Crippen LogP contribution in [0, 0.1) is 5.92 Å². The van der Waals surface area contributed by atoms with Crippen molar-refractivity contribution < 1.29 is 14.1 Å². The zero-order chi connectivity index (χ0) is 16.9. The van der Waals surface area contributed by atoms with Gasteiger partial charge >= 0.3 is 0 Å². The van der Waals surface area contributed by atoms with Crippen LogP contribution in [0.15, 0.2) is 10.6 Å². The minimum Gasteiger partial charge on any atom is -0.381 e. The van der Waals surface area contributed by atoms with Crippen molar-refractivity contribution in [2.45, 2.75) is 58.0 Å². The van der Waals surface area contributed by atoms with Gasteiger partial charge in [0.1, 0.15) is 0 Å². The third-order valence-corrected chi connectivity index (χ3v) is 4.97. The van der Waals surface area contributed by atoms with Crippen molar-refractivity contribution in [3.63, 3.8) is 0 Å². The molecule has 0 aliphatic carbocycles. The first-order valence-electron chi connectivity index (χ1n) is 9.20. The number of hydrogen-bond donors (Lipinski definition) is 1. The maximum Gasteiger partial charge on any atom is 0.290 e. The molecule has 0 saturated carbocycles. The van der Waals surface area contributed by atoms with Crippen molar-refractivity contribution in [1.82, 2.24) is 15.4 Å². The smallest absolute Gasteiger partial charge is 0.290 e. The lowest BCUT2D eigenvalue weighted by Gasteiger charge is -2.39. The molecule has 0 radical (unpaired) electrons. The average molecular weight is 335 g/mol. The number of ether oxygens (including phenoxy) is 1. The fourth-order valence-electron chi connectivity index (χ4n) is 3.65. The van der Waals surface area contributed by atoms with E-state index < -0.39 is 0 Å². The standard InChI is InChI=1S/C18H29N3O3/c1-13(2)11-15-12-17(24-20-15)18(22)19-14-3-7-21(8-4-14)16-5-9-23-10-6-16/h12-14,16H,3-11H2,1-2H3,(H,19,22). The van der Waals surface area contributed by atoms with E-state index in [1.54, 1.807) is 6.07 Å². The zero-order valence-electron chi connectivity index (χ0n) is 14.8. The van der Waals surface area contributed by atoms with Crippen LogP contribution in [0.25, 0.3) is 0 Å². The number of amides is 1. The van der Waals surface area contributed by atoms with E-state index in [2.05, 4.69) is 29.2 Å². The quantitative estimate of drug-likeness (QED) is 0.894. The Morgan fingerprint density at radius 2 is 2.00 bits per heavy atom. The number of hydrogen-bond acceptors (Lipinski definition) is 5. The summed E-state index contributed by atoms with van der Waals surface area (Å²) < 4.78 is 10.6. The first-order chi connectivity index (χ1) is 11.6. The predicted octanol–water partition coefficient (Wildman–Crippen LogP) is 2.25. The number of rotatable bonds is 5. The van der Waals surface area contributed by atoms with Gasteiger partial charge in [0.15, 0.2) is 0 Å². The van der Waals surface area contributed by atoms with Crippen molar-refractivity contribution in [3.8, 4) is 0 Å². The average Bonchev–Trinajstić information content (AvgIpc) is 3.04. The number of piperidine rings is 1. The number of likely N-dealkylation sites (tertiary alicyclic amines) is 1. The lowest BCUT2D eigenvalue weighted by atomic mass is 9.99. The number of carbonyl (C=O) groups is 1. The third-order valence-electron chi connectivity index (χ3n) is 4.97. The monoisotopic (exact) mass is 335 g/mol. The minimum absolute atomic E-state index is 0.137. The summed E-state index contributed by atoms with van der Waals surface area (Å²) in [6.45, 7) is 8.10. The highest BCUT2D eigenvalue weighted by Gasteiger charge is 2.27. The molecular formula is C18H29N3O3. The highest BCUT2D eigenvalue weighted by Crippen LogP contribution is 2.20. The van der Waals surface area contributed by atoms with Crippen LogP contribution >= 0.6 is 0 Å². The van der Waals surface area contributed by atoms with E-state index in [0.29, 0.717) is 17.7 Å². The second kappa shape index (κ2) is 8.12. The Balaban J connectivity index is 1.45.